The fraction of sp³-hybridized carbons (Fsp3) is 0.231. The van der Waals surface area contributed by atoms with Crippen LogP contribution in [0.15, 0.2) is 41.8 Å². The number of benzene rings is 1. The number of amides is 1. The Morgan fingerprint density at radius 3 is 2.94 bits per heavy atom. The van der Waals surface area contributed by atoms with Crippen LogP contribution < -0.4 is 5.73 Å². The fourth-order valence-electron chi connectivity index (χ4n) is 1.57. The van der Waals surface area contributed by atoms with E-state index in [4.69, 9.17) is 5.73 Å². The van der Waals surface area contributed by atoms with Crippen molar-refractivity contribution in [2.75, 3.05) is 0 Å². The smallest absolute Gasteiger partial charge is 0.230 e. The highest BCUT2D eigenvalue weighted by molar-refractivity contribution is 8.00. The van der Waals surface area contributed by atoms with Crippen LogP contribution in [0.3, 0.4) is 0 Å². The number of thioether (sulfide) groups is 1. The third-order valence-corrected chi connectivity index (χ3v) is 3.67. The standard InChI is InChI=1S/C13H15N3OS/c1-9-4-3-5-11(8-9)16-7-6-15-13(16)18-10(2)12(14)17/h3-8,10H,1-2H3,(H2,14,17)/t10-/m0/s1. The van der Waals surface area contributed by atoms with Crippen molar-refractivity contribution >= 4 is 17.7 Å². The van der Waals surface area contributed by atoms with Gasteiger partial charge in [-0.05, 0) is 31.5 Å². The molecule has 0 fully saturated rings. The minimum atomic E-state index is -0.334. The summed E-state index contributed by atoms with van der Waals surface area (Å²) >= 11 is 1.36. The maximum atomic E-state index is 11.1. The Kier molecular flexibility index (Phi) is 3.72. The summed E-state index contributed by atoms with van der Waals surface area (Å²) in [5, 5.41) is 0.475. The summed E-state index contributed by atoms with van der Waals surface area (Å²) in [7, 11) is 0. The fourth-order valence-corrected chi connectivity index (χ4v) is 2.40. The minimum absolute atomic E-state index is 0.295. The van der Waals surface area contributed by atoms with Crippen LogP contribution in [0.4, 0.5) is 0 Å². The molecule has 2 N–H and O–H groups in total. The van der Waals surface area contributed by atoms with Crippen molar-refractivity contribution < 1.29 is 4.79 Å². The predicted octanol–water partition coefficient (Wildman–Crippen LogP) is 2.15. The monoisotopic (exact) mass is 261 g/mol. The Hall–Kier alpha value is -1.75. The summed E-state index contributed by atoms with van der Waals surface area (Å²) in [4.78, 5) is 15.4. The quantitative estimate of drug-likeness (QED) is 0.858. The highest BCUT2D eigenvalue weighted by atomic mass is 32.2. The van der Waals surface area contributed by atoms with Crippen LogP contribution in [-0.2, 0) is 4.79 Å². The second kappa shape index (κ2) is 5.27. The zero-order valence-electron chi connectivity index (χ0n) is 10.3. The lowest BCUT2D eigenvalue weighted by molar-refractivity contribution is -0.117. The third kappa shape index (κ3) is 2.73. The highest BCUT2D eigenvalue weighted by Gasteiger charge is 2.14. The number of imidazole rings is 1. The van der Waals surface area contributed by atoms with E-state index in [1.807, 2.05) is 35.9 Å². The van der Waals surface area contributed by atoms with Crippen LogP contribution in [-0.4, -0.2) is 20.7 Å². The number of nitrogens with zero attached hydrogens (tertiary/aromatic N) is 2. The van der Waals surface area contributed by atoms with Gasteiger partial charge in [-0.2, -0.15) is 0 Å². The molecule has 2 rings (SSSR count). The van der Waals surface area contributed by atoms with Gasteiger partial charge in [0.15, 0.2) is 5.16 Å². The molecule has 1 aromatic heterocycles. The first-order valence-electron chi connectivity index (χ1n) is 5.64. The number of hydrogen-bond donors (Lipinski definition) is 1. The van der Waals surface area contributed by atoms with E-state index in [1.54, 1.807) is 13.1 Å². The lowest BCUT2D eigenvalue weighted by atomic mass is 10.2. The molecule has 0 radical (unpaired) electrons. The molecule has 1 heterocycles. The van der Waals surface area contributed by atoms with Gasteiger partial charge < -0.3 is 5.73 Å². The van der Waals surface area contributed by atoms with Gasteiger partial charge in [0.1, 0.15) is 0 Å². The van der Waals surface area contributed by atoms with E-state index in [0.29, 0.717) is 0 Å². The molecular weight excluding hydrogens is 246 g/mol. The molecule has 0 aliphatic carbocycles. The molecular formula is C13H15N3OS. The van der Waals surface area contributed by atoms with Crippen LogP contribution in [0.5, 0.6) is 0 Å². The first-order chi connectivity index (χ1) is 8.58. The van der Waals surface area contributed by atoms with E-state index < -0.39 is 0 Å². The maximum absolute atomic E-state index is 11.1. The second-order valence-electron chi connectivity index (χ2n) is 4.08. The Balaban J connectivity index is 2.30. The number of hydrogen-bond acceptors (Lipinski definition) is 3. The van der Waals surface area contributed by atoms with Crippen molar-refractivity contribution in [1.29, 1.82) is 0 Å². The Morgan fingerprint density at radius 1 is 1.50 bits per heavy atom. The zero-order valence-corrected chi connectivity index (χ0v) is 11.1. The molecule has 0 bridgehead atoms. The molecule has 1 atom stereocenters. The van der Waals surface area contributed by atoms with Crippen molar-refractivity contribution in [2.24, 2.45) is 5.73 Å². The predicted molar refractivity (Wildman–Crippen MR) is 72.8 cm³/mol. The van der Waals surface area contributed by atoms with Crippen molar-refractivity contribution in [2.45, 2.75) is 24.3 Å². The van der Waals surface area contributed by atoms with Crippen molar-refractivity contribution in [3.8, 4) is 5.69 Å². The lowest BCUT2D eigenvalue weighted by Crippen LogP contribution is -2.22. The molecule has 0 aliphatic rings. The SMILES string of the molecule is Cc1cccc(-n2ccnc2S[C@@H](C)C(N)=O)c1. The summed E-state index contributed by atoms with van der Waals surface area (Å²) < 4.78 is 1.96. The van der Waals surface area contributed by atoms with E-state index in [1.165, 1.54) is 17.3 Å². The number of aryl methyl sites for hydroxylation is 1. The third-order valence-electron chi connectivity index (χ3n) is 2.57. The maximum Gasteiger partial charge on any atom is 0.230 e. The number of primary amides is 1. The minimum Gasteiger partial charge on any atom is -0.369 e. The van der Waals surface area contributed by atoms with Crippen LogP contribution >= 0.6 is 11.8 Å². The highest BCUT2D eigenvalue weighted by Crippen LogP contribution is 2.24. The van der Waals surface area contributed by atoms with E-state index in [0.717, 1.165) is 10.8 Å². The second-order valence-corrected chi connectivity index (χ2v) is 5.39. The zero-order chi connectivity index (χ0) is 13.1. The average molecular weight is 261 g/mol. The molecule has 2 aromatic rings. The molecule has 5 heteroatoms. The molecule has 18 heavy (non-hydrogen) atoms. The number of carbonyl (C=O) groups excluding carboxylic acids is 1. The molecule has 1 amide bonds. The van der Waals surface area contributed by atoms with Crippen molar-refractivity contribution in [1.82, 2.24) is 9.55 Å². The number of aromatic nitrogens is 2. The van der Waals surface area contributed by atoms with Crippen LogP contribution in [0, 0.1) is 6.92 Å². The largest absolute Gasteiger partial charge is 0.369 e. The average Bonchev–Trinajstić information content (AvgIpc) is 2.77. The molecule has 0 aliphatic heterocycles. The van der Waals surface area contributed by atoms with Crippen LogP contribution in [0.2, 0.25) is 0 Å². The van der Waals surface area contributed by atoms with Gasteiger partial charge in [0.2, 0.25) is 5.91 Å². The Labute approximate surface area is 110 Å². The molecule has 4 nitrogen and oxygen atoms in total. The van der Waals surface area contributed by atoms with Gasteiger partial charge in [-0.3, -0.25) is 9.36 Å². The van der Waals surface area contributed by atoms with Crippen molar-refractivity contribution in [3.05, 3.63) is 42.2 Å². The summed E-state index contributed by atoms with van der Waals surface area (Å²) in [6, 6.07) is 8.12. The molecule has 0 unspecified atom stereocenters. The van der Waals surface area contributed by atoms with E-state index in [2.05, 4.69) is 11.1 Å². The topological polar surface area (TPSA) is 60.9 Å². The summed E-state index contributed by atoms with van der Waals surface area (Å²) in [5.41, 5.74) is 7.48. The summed E-state index contributed by atoms with van der Waals surface area (Å²) in [6.07, 6.45) is 3.60. The van der Waals surface area contributed by atoms with Gasteiger partial charge in [-0.15, -0.1) is 0 Å². The van der Waals surface area contributed by atoms with Gasteiger partial charge >= 0.3 is 0 Å². The summed E-state index contributed by atoms with van der Waals surface area (Å²) in [6.45, 7) is 3.82. The van der Waals surface area contributed by atoms with Crippen molar-refractivity contribution in [3.63, 3.8) is 0 Å². The molecule has 1 aromatic carbocycles. The summed E-state index contributed by atoms with van der Waals surface area (Å²) in [5.74, 6) is -0.334. The molecule has 0 spiro atoms. The number of nitrogens with two attached hydrogens (primary N) is 1. The first-order valence-corrected chi connectivity index (χ1v) is 6.52. The molecule has 0 saturated heterocycles. The van der Waals surface area contributed by atoms with Gasteiger partial charge in [0.25, 0.3) is 0 Å². The Bertz CT molecular complexity index is 565. The number of carbonyl (C=O) groups is 1. The normalized spacial score (nSPS) is 12.3. The van der Waals surface area contributed by atoms with Gasteiger partial charge in [-0.1, -0.05) is 23.9 Å². The van der Waals surface area contributed by atoms with Crippen LogP contribution in [0.1, 0.15) is 12.5 Å². The van der Waals surface area contributed by atoms with Gasteiger partial charge in [0.05, 0.1) is 5.25 Å². The van der Waals surface area contributed by atoms with E-state index in [9.17, 15) is 4.79 Å². The van der Waals surface area contributed by atoms with Gasteiger partial charge in [-0.25, -0.2) is 4.98 Å². The first kappa shape index (κ1) is 12.7. The lowest BCUT2D eigenvalue weighted by Gasteiger charge is -2.10. The van der Waals surface area contributed by atoms with Gasteiger partial charge in [0, 0.05) is 18.1 Å². The molecule has 94 valence electrons. The van der Waals surface area contributed by atoms with Crippen LogP contribution in [0.25, 0.3) is 5.69 Å². The molecule has 0 saturated carbocycles. The Morgan fingerprint density at radius 2 is 2.28 bits per heavy atom. The number of rotatable bonds is 4. The van der Waals surface area contributed by atoms with E-state index in [-0.39, 0.29) is 11.2 Å². The van der Waals surface area contributed by atoms with E-state index >= 15 is 0 Å².